The summed E-state index contributed by atoms with van der Waals surface area (Å²) < 4.78 is 0. The topological polar surface area (TPSA) is 40.5 Å². The van der Waals surface area contributed by atoms with E-state index in [1.165, 1.54) is 0 Å². The second kappa shape index (κ2) is 16.8. The van der Waals surface area contributed by atoms with Crippen molar-refractivity contribution in [1.29, 1.82) is 0 Å². The molecule has 0 amide bonds. The molecule has 0 atom stereocenters. The van der Waals surface area contributed by atoms with Gasteiger partial charge in [-0.2, -0.15) is 0 Å². The first-order valence-corrected chi connectivity index (χ1v) is 12.7. The van der Waals surface area contributed by atoms with E-state index < -0.39 is 7.12 Å². The van der Waals surface area contributed by atoms with Crippen LogP contribution in [0.15, 0.2) is 162 Å². The van der Waals surface area contributed by atoms with Gasteiger partial charge in [0.05, 0.1) is 0 Å². The maximum atomic E-state index is 10.4. The zero-order chi connectivity index (χ0) is 28.7. The number of hydrogen-bond donors (Lipinski definition) is 2. The molecule has 1 aromatic rings. The Morgan fingerprint density at radius 3 is 1.97 bits per heavy atom. The van der Waals surface area contributed by atoms with Crippen LogP contribution >= 0.6 is 0 Å². The van der Waals surface area contributed by atoms with Gasteiger partial charge in [-0.3, -0.25) is 0 Å². The van der Waals surface area contributed by atoms with E-state index in [4.69, 9.17) is 0 Å². The lowest BCUT2D eigenvalue weighted by Gasteiger charge is -2.19. The molecule has 0 aliphatic heterocycles. The van der Waals surface area contributed by atoms with Gasteiger partial charge in [0.1, 0.15) is 0 Å². The summed E-state index contributed by atoms with van der Waals surface area (Å²) in [6.45, 7) is 28.2. The van der Waals surface area contributed by atoms with E-state index >= 15 is 0 Å². The van der Waals surface area contributed by atoms with E-state index in [0.717, 1.165) is 27.8 Å². The van der Waals surface area contributed by atoms with E-state index in [9.17, 15) is 10.0 Å². The molecule has 2 nitrogen and oxygen atoms in total. The van der Waals surface area contributed by atoms with Gasteiger partial charge in [-0.05, 0) is 102 Å². The van der Waals surface area contributed by atoms with Crippen molar-refractivity contribution in [2.75, 3.05) is 0 Å². The molecule has 0 aromatic heterocycles. The third-order valence-electron chi connectivity index (χ3n) is 6.11. The van der Waals surface area contributed by atoms with Gasteiger partial charge in [0, 0.05) is 0 Å². The molecule has 38 heavy (non-hydrogen) atoms. The Balaban J connectivity index is 3.85. The highest BCUT2D eigenvalue weighted by Crippen LogP contribution is 2.32. The first kappa shape index (κ1) is 32.1. The summed E-state index contributed by atoms with van der Waals surface area (Å²) in [5.41, 5.74) is 7.96. The van der Waals surface area contributed by atoms with Crippen LogP contribution in [-0.4, -0.2) is 17.2 Å². The Kier molecular flexibility index (Phi) is 14.2. The van der Waals surface area contributed by atoms with Crippen LogP contribution in [-0.2, 0) is 0 Å². The minimum absolute atomic E-state index is 0.363. The largest absolute Gasteiger partial charge is 0.489 e. The standard InChI is InChI=1S/C35H41BO2/c1-10-17-22-28(12-3)35(36(37)38)34(20-11-2)33(16-7)27(9)29(13-4)24-30(14-5)31(15-6)25-32-23-19-18-21-26(32)8/h10-21,23-25,37-38H,3,5-7,9,22H2,1-2,4,8H3/b17-10-,20-11-,29-13+,30-24+,31-25+,34-33-,35-28+. The van der Waals surface area contributed by atoms with Gasteiger partial charge >= 0.3 is 7.12 Å². The van der Waals surface area contributed by atoms with Crippen molar-refractivity contribution in [3.63, 3.8) is 0 Å². The fourth-order valence-corrected chi connectivity index (χ4v) is 4.02. The smallest absolute Gasteiger partial charge is 0.423 e. The van der Waals surface area contributed by atoms with Crippen LogP contribution < -0.4 is 0 Å². The first-order chi connectivity index (χ1) is 18.2. The second-order valence-corrected chi connectivity index (χ2v) is 8.51. The summed E-state index contributed by atoms with van der Waals surface area (Å²) in [6, 6.07) is 8.16. The molecule has 0 bridgehead atoms. The molecule has 0 radical (unpaired) electrons. The summed E-state index contributed by atoms with van der Waals surface area (Å²) in [4.78, 5) is 0. The Morgan fingerprint density at radius 1 is 0.842 bits per heavy atom. The number of benzene rings is 1. The lowest BCUT2D eigenvalue weighted by Crippen LogP contribution is -2.20. The van der Waals surface area contributed by atoms with Crippen LogP contribution in [0.5, 0.6) is 0 Å². The fraction of sp³-hybridized carbons (Fsp3) is 0.143. The maximum absolute atomic E-state index is 10.4. The molecule has 0 fully saturated rings. The van der Waals surface area contributed by atoms with Crippen LogP contribution in [0, 0.1) is 6.92 Å². The Hall–Kier alpha value is -3.92. The van der Waals surface area contributed by atoms with Crippen molar-refractivity contribution in [3.8, 4) is 0 Å². The van der Waals surface area contributed by atoms with Gasteiger partial charge in [-0.1, -0.05) is 112 Å². The normalized spacial score (nSPS) is 14.2. The highest BCUT2D eigenvalue weighted by atomic mass is 16.4. The summed E-state index contributed by atoms with van der Waals surface area (Å²) in [6.07, 6.45) is 21.1. The van der Waals surface area contributed by atoms with Crippen LogP contribution in [0.4, 0.5) is 0 Å². The van der Waals surface area contributed by atoms with Crippen LogP contribution in [0.25, 0.3) is 6.08 Å². The molecule has 0 aliphatic carbocycles. The zero-order valence-corrected chi connectivity index (χ0v) is 23.4. The average molecular weight is 505 g/mol. The van der Waals surface area contributed by atoms with Crippen LogP contribution in [0.1, 0.15) is 38.3 Å². The Labute approximate surface area is 230 Å². The highest BCUT2D eigenvalue weighted by Gasteiger charge is 2.24. The maximum Gasteiger partial charge on any atom is 0.489 e. The van der Waals surface area contributed by atoms with E-state index in [-0.39, 0.29) is 0 Å². The minimum Gasteiger partial charge on any atom is -0.423 e. The molecule has 0 saturated heterocycles. The third-order valence-corrected chi connectivity index (χ3v) is 6.11. The number of rotatable bonds is 14. The van der Waals surface area contributed by atoms with Crippen molar-refractivity contribution in [2.45, 2.75) is 34.1 Å². The van der Waals surface area contributed by atoms with Crippen molar-refractivity contribution in [1.82, 2.24) is 0 Å². The Bertz CT molecular complexity index is 1270. The number of hydrogen-bond acceptors (Lipinski definition) is 2. The first-order valence-electron chi connectivity index (χ1n) is 12.7. The van der Waals surface area contributed by atoms with Crippen molar-refractivity contribution in [2.24, 2.45) is 0 Å². The molecule has 196 valence electrons. The Morgan fingerprint density at radius 2 is 1.50 bits per heavy atom. The van der Waals surface area contributed by atoms with E-state index in [0.29, 0.717) is 34.2 Å². The molecule has 0 unspecified atom stereocenters. The monoisotopic (exact) mass is 504 g/mol. The van der Waals surface area contributed by atoms with Gasteiger partial charge < -0.3 is 10.0 Å². The molecule has 0 spiro atoms. The molecule has 3 heteroatoms. The van der Waals surface area contributed by atoms with Gasteiger partial charge in [0.2, 0.25) is 0 Å². The predicted octanol–water partition coefficient (Wildman–Crippen LogP) is 8.70. The van der Waals surface area contributed by atoms with Crippen LogP contribution in [0.3, 0.4) is 0 Å². The van der Waals surface area contributed by atoms with Crippen molar-refractivity contribution in [3.05, 3.63) is 174 Å². The molecule has 0 aliphatic rings. The van der Waals surface area contributed by atoms with Gasteiger partial charge in [-0.15, -0.1) is 0 Å². The van der Waals surface area contributed by atoms with Gasteiger partial charge in [0.15, 0.2) is 0 Å². The molecule has 1 rings (SSSR count). The molecular weight excluding hydrogens is 463 g/mol. The average Bonchev–Trinajstić information content (AvgIpc) is 2.91. The fourth-order valence-electron chi connectivity index (χ4n) is 4.02. The molecule has 0 saturated carbocycles. The lowest BCUT2D eigenvalue weighted by molar-refractivity contribution is 0.419. The predicted molar refractivity (Wildman–Crippen MR) is 169 cm³/mol. The van der Waals surface area contributed by atoms with Crippen molar-refractivity contribution >= 4 is 13.2 Å². The van der Waals surface area contributed by atoms with E-state index in [2.05, 4.69) is 58.0 Å². The molecule has 2 N–H and O–H groups in total. The van der Waals surface area contributed by atoms with Gasteiger partial charge in [0.25, 0.3) is 0 Å². The summed E-state index contributed by atoms with van der Waals surface area (Å²) in [7, 11) is -1.71. The molecule has 0 heterocycles. The SMILES string of the molecule is C=C/C(C(=C)C(=C/C)/C=C(C=C)/C(C=C)=C/c1ccccc1C)=C(\C=C/C)C(/B(O)O)=C(/C=C)C/C=C\C. The van der Waals surface area contributed by atoms with Crippen molar-refractivity contribution < 1.29 is 10.0 Å². The lowest BCUT2D eigenvalue weighted by atomic mass is 9.69. The summed E-state index contributed by atoms with van der Waals surface area (Å²) in [5.74, 6) is 0. The highest BCUT2D eigenvalue weighted by molar-refractivity contribution is 6.53. The number of allylic oxidation sites excluding steroid dienone is 18. The summed E-state index contributed by atoms with van der Waals surface area (Å²) in [5, 5.41) is 20.8. The number of aryl methyl sites for hydroxylation is 1. The second-order valence-electron chi connectivity index (χ2n) is 8.51. The van der Waals surface area contributed by atoms with Gasteiger partial charge in [-0.25, -0.2) is 0 Å². The quantitative estimate of drug-likeness (QED) is 0.151. The van der Waals surface area contributed by atoms with E-state index in [1.807, 2.05) is 75.4 Å². The summed E-state index contributed by atoms with van der Waals surface area (Å²) >= 11 is 0. The van der Waals surface area contributed by atoms with E-state index in [1.54, 1.807) is 18.2 Å². The third kappa shape index (κ3) is 8.59. The zero-order valence-electron chi connectivity index (χ0n) is 23.4. The minimum atomic E-state index is -1.71. The molecular formula is C35H41BO2. The molecule has 1 aromatic carbocycles. The van der Waals surface area contributed by atoms with Crippen LogP contribution in [0.2, 0.25) is 0 Å².